The van der Waals surface area contributed by atoms with Crippen LogP contribution < -0.4 is 0 Å². The second kappa shape index (κ2) is 4.43. The summed E-state index contributed by atoms with van der Waals surface area (Å²) < 4.78 is 15.0. The largest absolute Gasteiger partial charge is 0.470 e. The van der Waals surface area contributed by atoms with Crippen LogP contribution in [0.5, 0.6) is 0 Å². The smallest absolute Gasteiger partial charge is 0.303 e. The van der Waals surface area contributed by atoms with Gasteiger partial charge < -0.3 is 9.79 Å². The normalized spacial score (nSPS) is 14.0. The first-order chi connectivity index (χ1) is 6.40. The molecule has 14 heavy (non-hydrogen) atoms. The Hall–Kier alpha value is -0.380. The van der Waals surface area contributed by atoms with Crippen LogP contribution in [0.25, 0.3) is 0 Å². The van der Waals surface area contributed by atoms with Crippen molar-refractivity contribution in [3.8, 4) is 0 Å². The molecule has 0 aliphatic heterocycles. The van der Waals surface area contributed by atoms with Gasteiger partial charge in [0.1, 0.15) is 0 Å². The molecule has 0 saturated carbocycles. The number of halogens is 1. The van der Waals surface area contributed by atoms with Crippen molar-refractivity contribution in [3.63, 3.8) is 0 Å². The molecule has 0 radical (unpaired) electrons. The molecule has 0 amide bonds. The lowest BCUT2D eigenvalue weighted by Gasteiger charge is -2.14. The molecule has 0 heterocycles. The highest BCUT2D eigenvalue weighted by Gasteiger charge is 2.21. The van der Waals surface area contributed by atoms with Crippen LogP contribution in [0.15, 0.2) is 24.3 Å². The van der Waals surface area contributed by atoms with E-state index in [0.29, 0.717) is 10.6 Å². The zero-order valence-corrected chi connectivity index (χ0v) is 9.07. The summed E-state index contributed by atoms with van der Waals surface area (Å²) in [6.07, 6.45) is -0.732. The van der Waals surface area contributed by atoms with Gasteiger partial charge in [0.05, 0.1) is 6.10 Å². The van der Waals surface area contributed by atoms with Gasteiger partial charge in [-0.2, -0.15) is 0 Å². The lowest BCUT2D eigenvalue weighted by Crippen LogP contribution is -1.98. The molecule has 4 nitrogen and oxygen atoms in total. The minimum Gasteiger partial charge on any atom is -0.303 e. The zero-order valence-electron chi connectivity index (χ0n) is 7.42. The van der Waals surface area contributed by atoms with E-state index in [9.17, 15) is 4.57 Å². The SMILES string of the molecule is CC(OP(=O)(O)O)c1ccccc1Cl. The molecule has 1 unspecified atom stereocenters. The Bertz CT molecular complexity index is 362. The van der Waals surface area contributed by atoms with E-state index in [2.05, 4.69) is 4.52 Å². The Labute approximate surface area is 86.7 Å². The average Bonchev–Trinajstić information content (AvgIpc) is 2.01. The minimum absolute atomic E-state index is 0.424. The van der Waals surface area contributed by atoms with Crippen LogP contribution in [0.1, 0.15) is 18.6 Å². The maximum Gasteiger partial charge on any atom is 0.470 e. The van der Waals surface area contributed by atoms with E-state index < -0.39 is 13.9 Å². The Kier molecular flexibility index (Phi) is 3.70. The van der Waals surface area contributed by atoms with E-state index in [0.717, 1.165) is 0 Å². The van der Waals surface area contributed by atoms with Gasteiger partial charge in [-0.25, -0.2) is 4.57 Å². The van der Waals surface area contributed by atoms with Gasteiger partial charge in [-0.1, -0.05) is 29.8 Å². The lowest BCUT2D eigenvalue weighted by molar-refractivity contribution is 0.146. The predicted molar refractivity (Wildman–Crippen MR) is 53.0 cm³/mol. The highest BCUT2D eigenvalue weighted by atomic mass is 35.5. The number of phosphoric ester groups is 1. The second-order valence-electron chi connectivity index (χ2n) is 2.76. The van der Waals surface area contributed by atoms with Crippen LogP contribution in [0.3, 0.4) is 0 Å². The molecule has 1 rings (SSSR count). The molecule has 6 heteroatoms. The Morgan fingerprint density at radius 3 is 2.50 bits per heavy atom. The van der Waals surface area contributed by atoms with E-state index in [-0.39, 0.29) is 0 Å². The zero-order chi connectivity index (χ0) is 10.8. The van der Waals surface area contributed by atoms with Crippen molar-refractivity contribution in [2.45, 2.75) is 13.0 Å². The maximum absolute atomic E-state index is 10.6. The fraction of sp³-hybridized carbons (Fsp3) is 0.250. The number of hydrogen-bond acceptors (Lipinski definition) is 2. The van der Waals surface area contributed by atoms with Gasteiger partial charge >= 0.3 is 7.82 Å². The first-order valence-electron chi connectivity index (χ1n) is 3.88. The standard InChI is InChI=1S/C8H10ClO4P/c1-6(13-14(10,11)12)7-4-2-3-5-8(7)9/h2-6H,1H3,(H2,10,11,12). The third-order valence-electron chi connectivity index (χ3n) is 1.64. The fourth-order valence-corrected chi connectivity index (χ4v) is 1.88. The fourth-order valence-electron chi connectivity index (χ4n) is 1.07. The highest BCUT2D eigenvalue weighted by Crippen LogP contribution is 2.43. The summed E-state index contributed by atoms with van der Waals surface area (Å²) in [5.74, 6) is 0. The van der Waals surface area contributed by atoms with Crippen LogP contribution in [-0.4, -0.2) is 9.79 Å². The van der Waals surface area contributed by atoms with Crippen molar-refractivity contribution in [1.29, 1.82) is 0 Å². The van der Waals surface area contributed by atoms with E-state index in [1.165, 1.54) is 6.92 Å². The van der Waals surface area contributed by atoms with Gasteiger partial charge in [0.25, 0.3) is 0 Å². The molecule has 0 aromatic heterocycles. The van der Waals surface area contributed by atoms with Gasteiger partial charge in [0.15, 0.2) is 0 Å². The maximum atomic E-state index is 10.6. The van der Waals surface area contributed by atoms with Crippen molar-refractivity contribution in [2.75, 3.05) is 0 Å². The second-order valence-corrected chi connectivity index (χ2v) is 4.36. The monoisotopic (exact) mass is 236 g/mol. The van der Waals surface area contributed by atoms with E-state index >= 15 is 0 Å². The van der Waals surface area contributed by atoms with Crippen molar-refractivity contribution in [3.05, 3.63) is 34.9 Å². The van der Waals surface area contributed by atoms with Crippen LogP contribution in [0.2, 0.25) is 5.02 Å². The summed E-state index contributed by atoms with van der Waals surface area (Å²) in [4.78, 5) is 17.2. The quantitative estimate of drug-likeness (QED) is 0.792. The summed E-state index contributed by atoms with van der Waals surface area (Å²) >= 11 is 5.81. The van der Waals surface area contributed by atoms with Crippen LogP contribution >= 0.6 is 19.4 Å². The topological polar surface area (TPSA) is 66.8 Å². The molecule has 1 aromatic rings. The molecule has 0 fully saturated rings. The molecule has 0 saturated heterocycles. The number of phosphoric acid groups is 1. The van der Waals surface area contributed by atoms with E-state index in [4.69, 9.17) is 21.4 Å². The summed E-state index contributed by atoms with van der Waals surface area (Å²) in [5, 5.41) is 0.424. The average molecular weight is 237 g/mol. The van der Waals surface area contributed by atoms with E-state index in [1.807, 2.05) is 0 Å². The molecule has 0 aliphatic rings. The van der Waals surface area contributed by atoms with E-state index in [1.54, 1.807) is 24.3 Å². The molecule has 78 valence electrons. The molecule has 0 spiro atoms. The molecule has 1 aromatic carbocycles. The van der Waals surface area contributed by atoms with Crippen molar-refractivity contribution >= 4 is 19.4 Å². The van der Waals surface area contributed by atoms with Crippen LogP contribution in [-0.2, 0) is 9.09 Å². The number of rotatable bonds is 3. The molecule has 0 bridgehead atoms. The Morgan fingerprint density at radius 2 is 2.00 bits per heavy atom. The molecule has 0 aliphatic carbocycles. The van der Waals surface area contributed by atoms with Crippen molar-refractivity contribution in [1.82, 2.24) is 0 Å². The molecular weight excluding hydrogens is 227 g/mol. The third-order valence-corrected chi connectivity index (χ3v) is 2.57. The Balaban J connectivity index is 2.85. The van der Waals surface area contributed by atoms with Gasteiger partial charge in [-0.05, 0) is 18.6 Å². The van der Waals surface area contributed by atoms with Crippen molar-refractivity contribution < 1.29 is 18.9 Å². The summed E-state index contributed by atoms with van der Waals surface area (Å²) in [6, 6.07) is 6.75. The lowest BCUT2D eigenvalue weighted by atomic mass is 10.1. The number of hydrogen-bond donors (Lipinski definition) is 2. The first kappa shape index (κ1) is 11.7. The number of benzene rings is 1. The molecule has 1 atom stereocenters. The van der Waals surface area contributed by atoms with Crippen molar-refractivity contribution in [2.24, 2.45) is 0 Å². The Morgan fingerprint density at radius 1 is 1.43 bits per heavy atom. The van der Waals surface area contributed by atoms with Gasteiger partial charge in [0.2, 0.25) is 0 Å². The van der Waals surface area contributed by atoms with Crippen LogP contribution in [0.4, 0.5) is 0 Å². The predicted octanol–water partition coefficient (Wildman–Crippen LogP) is 2.51. The third kappa shape index (κ3) is 3.40. The summed E-state index contributed by atoms with van der Waals surface area (Å²) in [5.41, 5.74) is 0.553. The molecular formula is C8H10ClO4P. The summed E-state index contributed by atoms with van der Waals surface area (Å²) in [6.45, 7) is 1.53. The minimum atomic E-state index is -4.47. The first-order valence-corrected chi connectivity index (χ1v) is 5.79. The highest BCUT2D eigenvalue weighted by molar-refractivity contribution is 7.46. The van der Waals surface area contributed by atoms with Gasteiger partial charge in [0, 0.05) is 5.02 Å². The van der Waals surface area contributed by atoms with Gasteiger partial charge in [-0.15, -0.1) is 0 Å². The molecule has 2 N–H and O–H groups in total. The van der Waals surface area contributed by atoms with Crippen LogP contribution in [0, 0.1) is 0 Å². The summed E-state index contributed by atoms with van der Waals surface area (Å²) in [7, 11) is -4.47. The van der Waals surface area contributed by atoms with Gasteiger partial charge in [-0.3, -0.25) is 4.52 Å².